The van der Waals surface area contributed by atoms with Crippen molar-refractivity contribution < 1.29 is 9.53 Å². The van der Waals surface area contributed by atoms with Crippen LogP contribution in [-0.4, -0.2) is 39.5 Å². The quantitative estimate of drug-likeness (QED) is 0.849. The lowest BCUT2D eigenvalue weighted by atomic mass is 10.1. The van der Waals surface area contributed by atoms with E-state index in [-0.39, 0.29) is 11.6 Å². The first-order chi connectivity index (χ1) is 11.4. The first-order valence-electron chi connectivity index (χ1n) is 8.46. The summed E-state index contributed by atoms with van der Waals surface area (Å²) in [6.07, 6.45) is 4.88. The molecule has 1 saturated carbocycles. The number of amides is 1. The lowest BCUT2D eigenvalue weighted by molar-refractivity contribution is 0.0262. The molecule has 4 rings (SSSR count). The molecule has 1 aromatic carbocycles. The van der Waals surface area contributed by atoms with Crippen LogP contribution in [0.2, 0.25) is 0 Å². The summed E-state index contributed by atoms with van der Waals surface area (Å²) in [7, 11) is 0. The number of rotatable bonds is 2. The molecule has 0 radical (unpaired) electrons. The molecule has 2 fully saturated rings. The first-order valence-corrected chi connectivity index (χ1v) is 8.46. The fourth-order valence-electron chi connectivity index (χ4n) is 3.62. The maximum Gasteiger partial charge on any atom is 0.410 e. The van der Waals surface area contributed by atoms with Crippen LogP contribution in [0.15, 0.2) is 42.7 Å². The zero-order valence-electron chi connectivity index (χ0n) is 14.4. The predicted molar refractivity (Wildman–Crippen MR) is 91.6 cm³/mol. The molecule has 2 aromatic rings. The van der Waals surface area contributed by atoms with Crippen LogP contribution in [0.25, 0.3) is 11.1 Å². The number of likely N-dealkylation sites (tertiary alicyclic amines) is 1. The zero-order chi connectivity index (χ0) is 16.9. The highest BCUT2D eigenvalue weighted by molar-refractivity contribution is 5.69. The van der Waals surface area contributed by atoms with Gasteiger partial charge >= 0.3 is 6.09 Å². The lowest BCUT2D eigenvalue weighted by Gasteiger charge is -2.26. The number of ether oxygens (including phenoxy) is 1. The van der Waals surface area contributed by atoms with Crippen LogP contribution in [0.3, 0.4) is 0 Å². The highest BCUT2D eigenvalue weighted by Gasteiger charge is 2.63. The Morgan fingerprint density at radius 2 is 2.00 bits per heavy atom. The molecule has 0 spiro atoms. The van der Waals surface area contributed by atoms with Crippen LogP contribution in [0.5, 0.6) is 0 Å². The number of carbonyl (C=O) groups is 1. The monoisotopic (exact) mass is 325 g/mol. The van der Waals surface area contributed by atoms with Gasteiger partial charge in [0.2, 0.25) is 0 Å². The molecule has 5 heteroatoms. The molecule has 2 unspecified atom stereocenters. The van der Waals surface area contributed by atoms with Gasteiger partial charge in [-0.1, -0.05) is 30.3 Å². The zero-order valence-corrected chi connectivity index (χ0v) is 14.4. The average Bonchev–Trinajstić information content (AvgIpc) is 2.91. The summed E-state index contributed by atoms with van der Waals surface area (Å²) in [5, 5.41) is 4.59. The minimum absolute atomic E-state index is 0.0378. The van der Waals surface area contributed by atoms with Gasteiger partial charge < -0.3 is 9.64 Å². The van der Waals surface area contributed by atoms with E-state index in [2.05, 4.69) is 28.1 Å². The molecule has 2 aliphatic rings. The fourth-order valence-corrected chi connectivity index (χ4v) is 3.62. The van der Waals surface area contributed by atoms with E-state index in [1.807, 2.05) is 50.1 Å². The van der Waals surface area contributed by atoms with Crippen molar-refractivity contribution in [1.29, 1.82) is 0 Å². The van der Waals surface area contributed by atoms with Gasteiger partial charge in [0.15, 0.2) is 0 Å². The SMILES string of the molecule is CC(C)(C)OC(=O)N1CC2CC2(n2cc(-c3ccccc3)cn2)C1. The van der Waals surface area contributed by atoms with Gasteiger partial charge in [-0.15, -0.1) is 0 Å². The van der Waals surface area contributed by atoms with Crippen molar-refractivity contribution in [3.8, 4) is 11.1 Å². The Labute approximate surface area is 142 Å². The summed E-state index contributed by atoms with van der Waals surface area (Å²) in [6, 6.07) is 10.3. The second kappa shape index (κ2) is 5.10. The average molecular weight is 325 g/mol. The van der Waals surface area contributed by atoms with Crippen molar-refractivity contribution in [2.75, 3.05) is 13.1 Å². The molecule has 2 atom stereocenters. The van der Waals surface area contributed by atoms with Crippen molar-refractivity contribution in [1.82, 2.24) is 14.7 Å². The molecule has 0 N–H and O–H groups in total. The normalized spacial score (nSPS) is 25.5. The highest BCUT2D eigenvalue weighted by atomic mass is 16.6. The van der Waals surface area contributed by atoms with Gasteiger partial charge in [0.1, 0.15) is 5.60 Å². The Bertz CT molecular complexity index is 762. The smallest absolute Gasteiger partial charge is 0.410 e. The molecule has 1 saturated heterocycles. The molecule has 5 nitrogen and oxygen atoms in total. The van der Waals surface area contributed by atoms with Crippen molar-refractivity contribution in [3.05, 3.63) is 42.7 Å². The number of hydrogen-bond donors (Lipinski definition) is 0. The van der Waals surface area contributed by atoms with E-state index in [1.54, 1.807) is 0 Å². The highest BCUT2D eigenvalue weighted by Crippen LogP contribution is 2.55. The van der Waals surface area contributed by atoms with E-state index in [9.17, 15) is 4.79 Å². The maximum absolute atomic E-state index is 12.3. The van der Waals surface area contributed by atoms with E-state index in [0.717, 1.165) is 18.5 Å². The summed E-state index contributed by atoms with van der Waals surface area (Å²) >= 11 is 0. The van der Waals surface area contributed by atoms with Crippen molar-refractivity contribution in [3.63, 3.8) is 0 Å². The van der Waals surface area contributed by atoms with Crippen molar-refractivity contribution in [2.24, 2.45) is 5.92 Å². The van der Waals surface area contributed by atoms with E-state index in [0.29, 0.717) is 12.5 Å². The number of fused-ring (bicyclic) bond motifs is 1. The van der Waals surface area contributed by atoms with E-state index in [4.69, 9.17) is 4.74 Å². The third-order valence-corrected chi connectivity index (χ3v) is 4.90. The van der Waals surface area contributed by atoms with Gasteiger partial charge in [0, 0.05) is 30.8 Å². The van der Waals surface area contributed by atoms with Crippen LogP contribution in [0, 0.1) is 5.92 Å². The summed E-state index contributed by atoms with van der Waals surface area (Å²) in [4.78, 5) is 14.1. The Morgan fingerprint density at radius 1 is 1.25 bits per heavy atom. The van der Waals surface area contributed by atoms with Crippen LogP contribution >= 0.6 is 0 Å². The third kappa shape index (κ3) is 2.58. The molecule has 24 heavy (non-hydrogen) atoms. The van der Waals surface area contributed by atoms with Crippen molar-refractivity contribution >= 4 is 6.09 Å². The topological polar surface area (TPSA) is 47.4 Å². The van der Waals surface area contributed by atoms with Crippen LogP contribution in [0.1, 0.15) is 27.2 Å². The molecule has 1 amide bonds. The molecule has 1 aromatic heterocycles. The summed E-state index contributed by atoms with van der Waals surface area (Å²) in [5.41, 5.74) is 1.79. The van der Waals surface area contributed by atoms with Crippen LogP contribution in [-0.2, 0) is 10.3 Å². The van der Waals surface area contributed by atoms with Crippen LogP contribution in [0.4, 0.5) is 4.79 Å². The molecule has 2 heterocycles. The second-order valence-electron chi connectivity index (χ2n) is 7.91. The van der Waals surface area contributed by atoms with Gasteiger partial charge in [-0.25, -0.2) is 4.79 Å². The van der Waals surface area contributed by atoms with Gasteiger partial charge in [0.25, 0.3) is 0 Å². The number of nitrogens with zero attached hydrogens (tertiary/aromatic N) is 3. The number of piperidine rings is 1. The fraction of sp³-hybridized carbons (Fsp3) is 0.474. The minimum Gasteiger partial charge on any atom is -0.444 e. The predicted octanol–water partition coefficient (Wildman–Crippen LogP) is 3.52. The Kier molecular flexibility index (Phi) is 3.24. The van der Waals surface area contributed by atoms with Gasteiger partial charge in [-0.05, 0) is 32.8 Å². The standard InChI is InChI=1S/C19H23N3O2/c1-18(2,3)24-17(23)21-12-16-9-19(16,13-21)22-11-15(10-20-22)14-7-5-4-6-8-14/h4-8,10-11,16H,9,12-13H2,1-3H3. The Balaban J connectivity index is 1.51. The summed E-state index contributed by atoms with van der Waals surface area (Å²) in [6.45, 7) is 7.14. The number of carbonyl (C=O) groups excluding carboxylic acids is 1. The molecule has 126 valence electrons. The molecule has 0 bridgehead atoms. The number of benzene rings is 1. The van der Waals surface area contributed by atoms with E-state index < -0.39 is 5.60 Å². The van der Waals surface area contributed by atoms with E-state index in [1.165, 1.54) is 5.56 Å². The molecule has 1 aliphatic carbocycles. The third-order valence-electron chi connectivity index (χ3n) is 4.90. The largest absolute Gasteiger partial charge is 0.444 e. The van der Waals surface area contributed by atoms with Gasteiger partial charge in [0.05, 0.1) is 11.7 Å². The summed E-state index contributed by atoms with van der Waals surface area (Å²) in [5.74, 6) is 0.480. The summed E-state index contributed by atoms with van der Waals surface area (Å²) < 4.78 is 7.56. The molecule has 1 aliphatic heterocycles. The number of aromatic nitrogens is 2. The van der Waals surface area contributed by atoms with Gasteiger partial charge in [-0.2, -0.15) is 5.10 Å². The Morgan fingerprint density at radius 3 is 2.71 bits per heavy atom. The minimum atomic E-state index is -0.455. The lowest BCUT2D eigenvalue weighted by Crippen LogP contribution is -2.38. The first kappa shape index (κ1) is 15.2. The Hall–Kier alpha value is -2.30. The second-order valence-corrected chi connectivity index (χ2v) is 7.91. The molecular formula is C19H23N3O2. The van der Waals surface area contributed by atoms with Crippen LogP contribution < -0.4 is 0 Å². The maximum atomic E-state index is 12.3. The van der Waals surface area contributed by atoms with E-state index >= 15 is 0 Å². The van der Waals surface area contributed by atoms with Crippen molar-refractivity contribution in [2.45, 2.75) is 38.3 Å². The van der Waals surface area contributed by atoms with Gasteiger partial charge in [-0.3, -0.25) is 4.68 Å². The number of hydrogen-bond acceptors (Lipinski definition) is 3. The molecular weight excluding hydrogens is 302 g/mol.